The van der Waals surface area contributed by atoms with Crippen molar-refractivity contribution in [2.45, 2.75) is 0 Å². The van der Waals surface area contributed by atoms with Crippen LogP contribution in [0.5, 0.6) is 5.75 Å². The summed E-state index contributed by atoms with van der Waals surface area (Å²) in [6, 6.07) is 5.89. The maximum absolute atomic E-state index is 5.75. The van der Waals surface area contributed by atoms with Gasteiger partial charge in [-0.05, 0) is 36.0 Å². The van der Waals surface area contributed by atoms with Gasteiger partial charge in [0.1, 0.15) is 12.4 Å². The van der Waals surface area contributed by atoms with Gasteiger partial charge in [0.25, 0.3) is 0 Å². The summed E-state index contributed by atoms with van der Waals surface area (Å²) in [5.41, 5.74) is 8.30. The van der Waals surface area contributed by atoms with Gasteiger partial charge in [0.05, 0.1) is 18.6 Å². The average Bonchev–Trinajstić information content (AvgIpc) is 2.46. The van der Waals surface area contributed by atoms with E-state index in [4.69, 9.17) is 10.5 Å². The number of fused-ring (bicyclic) bond motifs is 1. The first-order valence-corrected chi connectivity index (χ1v) is 6.50. The molecule has 5 nitrogen and oxygen atoms in total. The Morgan fingerprint density at radius 2 is 2.45 bits per heavy atom. The quantitative estimate of drug-likeness (QED) is 0.631. The third-order valence-electron chi connectivity index (χ3n) is 3.03. The average molecular weight is 272 g/mol. The molecule has 0 spiro atoms. The number of ether oxygens (including phenoxy) is 1. The molecule has 0 saturated carbocycles. The second-order valence-corrected chi connectivity index (χ2v) is 4.46. The van der Waals surface area contributed by atoms with E-state index in [9.17, 15) is 0 Å². The molecule has 1 aliphatic rings. The molecule has 0 fully saturated rings. The molecule has 1 aromatic carbocycles. The van der Waals surface area contributed by atoms with Crippen LogP contribution < -0.4 is 20.7 Å². The highest BCUT2D eigenvalue weighted by Crippen LogP contribution is 2.33. The van der Waals surface area contributed by atoms with Gasteiger partial charge in [-0.1, -0.05) is 6.58 Å². The molecule has 106 valence electrons. The molecule has 1 aromatic rings. The first-order valence-electron chi connectivity index (χ1n) is 6.50. The molecule has 0 aromatic heterocycles. The SMILES string of the molecule is C=C(N)c1ccc2c(c1)N(C/C=C/NC=NC)CCO2. The van der Waals surface area contributed by atoms with Crippen molar-refractivity contribution in [2.75, 3.05) is 31.6 Å². The Hall–Kier alpha value is -2.43. The topological polar surface area (TPSA) is 62.9 Å². The van der Waals surface area contributed by atoms with Crippen molar-refractivity contribution >= 4 is 17.7 Å². The van der Waals surface area contributed by atoms with Crippen molar-refractivity contribution in [3.63, 3.8) is 0 Å². The van der Waals surface area contributed by atoms with Gasteiger partial charge in [-0.25, -0.2) is 0 Å². The minimum Gasteiger partial charge on any atom is -0.490 e. The third-order valence-corrected chi connectivity index (χ3v) is 3.03. The Bertz CT molecular complexity index is 537. The molecular formula is C15H20N4O. The van der Waals surface area contributed by atoms with E-state index in [-0.39, 0.29) is 0 Å². The van der Waals surface area contributed by atoms with E-state index in [1.54, 1.807) is 13.4 Å². The molecule has 2 rings (SSSR count). The molecule has 0 radical (unpaired) electrons. The van der Waals surface area contributed by atoms with Crippen LogP contribution >= 0.6 is 0 Å². The highest BCUT2D eigenvalue weighted by Gasteiger charge is 2.17. The molecule has 0 atom stereocenters. The Morgan fingerprint density at radius 1 is 1.60 bits per heavy atom. The van der Waals surface area contributed by atoms with E-state index in [0.717, 1.165) is 30.1 Å². The summed E-state index contributed by atoms with van der Waals surface area (Å²) in [4.78, 5) is 6.09. The summed E-state index contributed by atoms with van der Waals surface area (Å²) >= 11 is 0. The van der Waals surface area contributed by atoms with Gasteiger partial charge in [0, 0.05) is 19.3 Å². The van der Waals surface area contributed by atoms with Gasteiger partial charge in [0.15, 0.2) is 0 Å². The summed E-state index contributed by atoms with van der Waals surface area (Å²) in [5, 5.41) is 2.96. The molecule has 1 aliphatic heterocycles. The molecule has 0 unspecified atom stereocenters. The first kappa shape index (κ1) is 14.0. The second-order valence-electron chi connectivity index (χ2n) is 4.46. The van der Waals surface area contributed by atoms with Crippen molar-refractivity contribution in [1.29, 1.82) is 0 Å². The number of aliphatic imine (C=N–C) groups is 1. The Morgan fingerprint density at radius 3 is 3.20 bits per heavy atom. The van der Waals surface area contributed by atoms with Crippen molar-refractivity contribution in [3.8, 4) is 5.75 Å². The normalized spacial score (nSPS) is 14.3. The standard InChI is InChI=1S/C15H20N4O/c1-12(16)13-4-5-15-14(10-13)19(8-9-20-15)7-3-6-18-11-17-2/h3-6,10-11H,1,7-9,16H2,2H3,(H,17,18)/b6-3+. The number of nitrogens with two attached hydrogens (primary N) is 1. The highest BCUT2D eigenvalue weighted by atomic mass is 16.5. The zero-order valence-electron chi connectivity index (χ0n) is 11.7. The summed E-state index contributed by atoms with van der Waals surface area (Å²) < 4.78 is 5.66. The zero-order valence-corrected chi connectivity index (χ0v) is 11.7. The summed E-state index contributed by atoms with van der Waals surface area (Å²) in [6.45, 7) is 6.10. The number of nitrogens with zero attached hydrogens (tertiary/aromatic N) is 2. The molecule has 0 aliphatic carbocycles. The van der Waals surface area contributed by atoms with E-state index in [1.807, 2.05) is 30.5 Å². The fourth-order valence-electron chi connectivity index (χ4n) is 2.03. The number of rotatable bonds is 5. The van der Waals surface area contributed by atoms with E-state index in [1.165, 1.54) is 0 Å². The largest absolute Gasteiger partial charge is 0.490 e. The smallest absolute Gasteiger partial charge is 0.142 e. The van der Waals surface area contributed by atoms with Crippen LogP contribution in [0.25, 0.3) is 5.70 Å². The van der Waals surface area contributed by atoms with Crippen LogP contribution in [-0.4, -0.2) is 33.1 Å². The van der Waals surface area contributed by atoms with E-state index >= 15 is 0 Å². The molecule has 0 saturated heterocycles. The van der Waals surface area contributed by atoms with Crippen molar-refractivity contribution < 1.29 is 4.74 Å². The van der Waals surface area contributed by atoms with Gasteiger partial charge in [0.2, 0.25) is 0 Å². The van der Waals surface area contributed by atoms with Gasteiger partial charge >= 0.3 is 0 Å². The third kappa shape index (κ3) is 3.32. The Labute approximate surface area is 119 Å². The molecule has 0 bridgehead atoms. The minimum atomic E-state index is 0.565. The fraction of sp³-hybridized carbons (Fsp3) is 0.267. The number of hydrogen-bond acceptors (Lipinski definition) is 4. The molecule has 20 heavy (non-hydrogen) atoms. The number of anilines is 1. The van der Waals surface area contributed by atoms with Crippen LogP contribution in [0.2, 0.25) is 0 Å². The van der Waals surface area contributed by atoms with E-state index < -0.39 is 0 Å². The maximum Gasteiger partial charge on any atom is 0.142 e. The zero-order chi connectivity index (χ0) is 14.4. The number of hydrogen-bond donors (Lipinski definition) is 2. The Balaban J connectivity index is 2.12. The van der Waals surface area contributed by atoms with Crippen LogP contribution in [0.1, 0.15) is 5.56 Å². The minimum absolute atomic E-state index is 0.565. The van der Waals surface area contributed by atoms with Crippen LogP contribution in [0, 0.1) is 0 Å². The number of nitrogens with one attached hydrogen (secondary N) is 1. The fourth-order valence-corrected chi connectivity index (χ4v) is 2.03. The first-order chi connectivity index (χ1) is 9.72. The number of benzene rings is 1. The lowest BCUT2D eigenvalue weighted by Crippen LogP contribution is -2.33. The predicted octanol–water partition coefficient (Wildman–Crippen LogP) is 1.58. The summed E-state index contributed by atoms with van der Waals surface area (Å²) in [5.74, 6) is 0.887. The van der Waals surface area contributed by atoms with Gasteiger partial charge in [-0.2, -0.15) is 0 Å². The van der Waals surface area contributed by atoms with E-state index in [2.05, 4.69) is 21.8 Å². The monoisotopic (exact) mass is 272 g/mol. The van der Waals surface area contributed by atoms with Crippen LogP contribution in [0.3, 0.4) is 0 Å². The lowest BCUT2D eigenvalue weighted by atomic mass is 10.1. The van der Waals surface area contributed by atoms with Crippen molar-refractivity contribution in [2.24, 2.45) is 10.7 Å². The van der Waals surface area contributed by atoms with Gasteiger partial charge < -0.3 is 20.7 Å². The van der Waals surface area contributed by atoms with Crippen LogP contribution in [0.15, 0.2) is 42.0 Å². The lowest BCUT2D eigenvalue weighted by Gasteiger charge is -2.30. The lowest BCUT2D eigenvalue weighted by molar-refractivity contribution is 0.309. The molecule has 0 amide bonds. The Kier molecular flexibility index (Phi) is 4.65. The predicted molar refractivity (Wildman–Crippen MR) is 84.1 cm³/mol. The highest BCUT2D eigenvalue weighted by molar-refractivity contribution is 5.70. The molecular weight excluding hydrogens is 252 g/mol. The summed E-state index contributed by atoms with van der Waals surface area (Å²) in [7, 11) is 1.72. The van der Waals surface area contributed by atoms with Crippen molar-refractivity contribution in [3.05, 3.63) is 42.6 Å². The van der Waals surface area contributed by atoms with Crippen molar-refractivity contribution in [1.82, 2.24) is 5.32 Å². The van der Waals surface area contributed by atoms with Crippen LogP contribution in [-0.2, 0) is 0 Å². The molecule has 5 heteroatoms. The molecule has 3 N–H and O–H groups in total. The second kappa shape index (κ2) is 6.65. The van der Waals surface area contributed by atoms with Gasteiger partial charge in [-0.3, -0.25) is 4.99 Å². The van der Waals surface area contributed by atoms with Gasteiger partial charge in [-0.15, -0.1) is 0 Å². The maximum atomic E-state index is 5.75. The summed E-state index contributed by atoms with van der Waals surface area (Å²) in [6.07, 6.45) is 5.55. The molecule has 1 heterocycles. The van der Waals surface area contributed by atoms with E-state index in [0.29, 0.717) is 12.3 Å². The van der Waals surface area contributed by atoms with Crippen LogP contribution in [0.4, 0.5) is 5.69 Å².